The minimum Gasteiger partial charge on any atom is -0.395 e. The summed E-state index contributed by atoms with van der Waals surface area (Å²) in [5.74, 6) is -0.161. The number of hydrogen-bond donors (Lipinski definition) is 2. The maximum Gasteiger partial charge on any atom is 0.244 e. The van der Waals surface area contributed by atoms with Gasteiger partial charge in [0.05, 0.1) is 6.61 Å². The molecule has 116 valence electrons. The van der Waals surface area contributed by atoms with Crippen LogP contribution in [0.5, 0.6) is 0 Å². The van der Waals surface area contributed by atoms with Crippen molar-refractivity contribution in [2.45, 2.75) is 52.0 Å². The number of aromatic nitrogens is 1. The van der Waals surface area contributed by atoms with E-state index in [0.717, 1.165) is 5.56 Å². The molecule has 0 bridgehead atoms. The molecule has 0 aromatic carbocycles. The van der Waals surface area contributed by atoms with Crippen LogP contribution in [0.25, 0.3) is 6.08 Å². The Labute approximate surface area is 126 Å². The van der Waals surface area contributed by atoms with Crippen LogP contribution >= 0.6 is 0 Å². The van der Waals surface area contributed by atoms with Crippen molar-refractivity contribution in [3.05, 3.63) is 29.1 Å². The summed E-state index contributed by atoms with van der Waals surface area (Å²) in [6.07, 6.45) is 9.92. The molecular formula is C17H26N2O2. The van der Waals surface area contributed by atoms with Gasteiger partial charge in [-0.3, -0.25) is 4.79 Å². The van der Waals surface area contributed by atoms with Gasteiger partial charge in [-0.15, -0.1) is 0 Å². The van der Waals surface area contributed by atoms with Crippen molar-refractivity contribution >= 4 is 12.0 Å². The van der Waals surface area contributed by atoms with Crippen LogP contribution < -0.4 is 5.32 Å². The highest BCUT2D eigenvalue weighted by Crippen LogP contribution is 2.32. The number of carbonyl (C=O) groups excluding carboxylic acids is 1. The molecule has 1 aromatic heterocycles. The summed E-state index contributed by atoms with van der Waals surface area (Å²) in [7, 11) is 0. The second kappa shape index (κ2) is 7.46. The van der Waals surface area contributed by atoms with E-state index in [0.29, 0.717) is 12.6 Å². The summed E-state index contributed by atoms with van der Waals surface area (Å²) in [6.45, 7) is 4.54. The maximum absolute atomic E-state index is 11.6. The van der Waals surface area contributed by atoms with Crippen LogP contribution in [0.15, 0.2) is 12.1 Å². The molecule has 4 heteroatoms. The predicted octanol–water partition coefficient (Wildman–Crippen LogP) is 2.73. The molecule has 1 fully saturated rings. The lowest BCUT2D eigenvalue weighted by Crippen LogP contribution is -2.24. The molecule has 0 atom stereocenters. The lowest BCUT2D eigenvalue weighted by Gasteiger charge is -2.26. The van der Waals surface area contributed by atoms with Gasteiger partial charge < -0.3 is 15.0 Å². The molecule has 1 aromatic rings. The van der Waals surface area contributed by atoms with Gasteiger partial charge in [-0.1, -0.05) is 19.3 Å². The summed E-state index contributed by atoms with van der Waals surface area (Å²) in [5, 5.41) is 11.3. The van der Waals surface area contributed by atoms with E-state index in [9.17, 15) is 4.79 Å². The molecule has 1 saturated carbocycles. The maximum atomic E-state index is 11.6. The van der Waals surface area contributed by atoms with Crippen molar-refractivity contribution in [1.29, 1.82) is 0 Å². The molecule has 0 spiro atoms. The van der Waals surface area contributed by atoms with E-state index in [2.05, 4.69) is 29.8 Å². The highest BCUT2D eigenvalue weighted by molar-refractivity contribution is 5.91. The molecule has 2 rings (SSSR count). The van der Waals surface area contributed by atoms with Crippen molar-refractivity contribution in [2.75, 3.05) is 13.2 Å². The molecule has 1 aliphatic carbocycles. The Morgan fingerprint density at radius 3 is 2.76 bits per heavy atom. The number of amides is 1. The van der Waals surface area contributed by atoms with Crippen molar-refractivity contribution < 1.29 is 9.90 Å². The summed E-state index contributed by atoms with van der Waals surface area (Å²) in [6, 6.07) is 2.77. The number of carbonyl (C=O) groups is 1. The quantitative estimate of drug-likeness (QED) is 0.819. The van der Waals surface area contributed by atoms with E-state index < -0.39 is 0 Å². The molecule has 0 aliphatic heterocycles. The largest absolute Gasteiger partial charge is 0.395 e. The molecule has 0 radical (unpaired) electrons. The van der Waals surface area contributed by atoms with Crippen molar-refractivity contribution in [3.8, 4) is 0 Å². The SMILES string of the molecule is Cc1cc(/C=C/C(=O)NCCO)c(C)n1C1CCCCC1. The molecule has 0 unspecified atom stereocenters. The third-order valence-electron chi connectivity index (χ3n) is 4.29. The second-order valence-corrected chi connectivity index (χ2v) is 5.84. The monoisotopic (exact) mass is 290 g/mol. The van der Waals surface area contributed by atoms with Gasteiger partial charge in [-0.2, -0.15) is 0 Å². The first kappa shape index (κ1) is 15.8. The lowest BCUT2D eigenvalue weighted by atomic mass is 9.95. The normalized spacial score (nSPS) is 16.5. The summed E-state index contributed by atoms with van der Waals surface area (Å²) < 4.78 is 2.43. The minimum atomic E-state index is -0.161. The van der Waals surface area contributed by atoms with Gasteiger partial charge in [0.25, 0.3) is 0 Å². The van der Waals surface area contributed by atoms with E-state index in [4.69, 9.17) is 5.11 Å². The van der Waals surface area contributed by atoms with E-state index >= 15 is 0 Å². The van der Waals surface area contributed by atoms with Crippen LogP contribution in [0.1, 0.15) is 55.1 Å². The molecule has 2 N–H and O–H groups in total. The van der Waals surface area contributed by atoms with Gasteiger partial charge in [0.2, 0.25) is 5.91 Å². The number of aliphatic hydroxyl groups is 1. The molecular weight excluding hydrogens is 264 g/mol. The van der Waals surface area contributed by atoms with Gasteiger partial charge >= 0.3 is 0 Å². The van der Waals surface area contributed by atoms with E-state index in [1.54, 1.807) is 6.08 Å². The fraction of sp³-hybridized carbons (Fsp3) is 0.588. The standard InChI is InChI=1S/C17H26N2O2/c1-13-12-15(8-9-17(21)18-10-11-20)14(2)19(13)16-6-4-3-5-7-16/h8-9,12,16,20H,3-7,10-11H2,1-2H3,(H,18,21)/b9-8+. The average Bonchev–Trinajstić information content (AvgIpc) is 2.78. The number of rotatable bonds is 5. The Balaban J connectivity index is 2.11. The van der Waals surface area contributed by atoms with Crippen molar-refractivity contribution in [1.82, 2.24) is 9.88 Å². The number of aliphatic hydroxyl groups excluding tert-OH is 1. The average molecular weight is 290 g/mol. The summed E-state index contributed by atoms with van der Waals surface area (Å²) in [4.78, 5) is 11.6. The summed E-state index contributed by atoms with van der Waals surface area (Å²) >= 11 is 0. The van der Waals surface area contributed by atoms with Crippen LogP contribution in [0.3, 0.4) is 0 Å². The van der Waals surface area contributed by atoms with E-state index in [1.165, 1.54) is 43.5 Å². The zero-order valence-electron chi connectivity index (χ0n) is 13.1. The van der Waals surface area contributed by atoms with Gasteiger partial charge in [-0.25, -0.2) is 0 Å². The molecule has 4 nitrogen and oxygen atoms in total. The number of nitrogens with one attached hydrogen (secondary N) is 1. The van der Waals surface area contributed by atoms with Crippen LogP contribution in [0.4, 0.5) is 0 Å². The number of hydrogen-bond acceptors (Lipinski definition) is 2. The Hall–Kier alpha value is -1.55. The third kappa shape index (κ3) is 3.97. The van der Waals surface area contributed by atoms with Crippen molar-refractivity contribution in [3.63, 3.8) is 0 Å². The van der Waals surface area contributed by atoms with E-state index in [1.807, 2.05) is 6.08 Å². The van der Waals surface area contributed by atoms with Crippen LogP contribution in [0, 0.1) is 13.8 Å². The minimum absolute atomic E-state index is 0.0320. The van der Waals surface area contributed by atoms with E-state index in [-0.39, 0.29) is 12.5 Å². The zero-order valence-corrected chi connectivity index (χ0v) is 13.1. The van der Waals surface area contributed by atoms with Gasteiger partial charge in [-0.05, 0) is 44.4 Å². The van der Waals surface area contributed by atoms with Crippen LogP contribution in [-0.4, -0.2) is 28.7 Å². The Bertz CT molecular complexity index is 511. The Morgan fingerprint density at radius 1 is 1.38 bits per heavy atom. The van der Waals surface area contributed by atoms with Crippen molar-refractivity contribution in [2.24, 2.45) is 0 Å². The highest BCUT2D eigenvalue weighted by atomic mass is 16.3. The lowest BCUT2D eigenvalue weighted by molar-refractivity contribution is -0.116. The van der Waals surface area contributed by atoms with Crippen LogP contribution in [-0.2, 0) is 4.79 Å². The molecule has 1 heterocycles. The Morgan fingerprint density at radius 2 is 2.10 bits per heavy atom. The summed E-state index contributed by atoms with van der Waals surface area (Å²) in [5.41, 5.74) is 3.62. The first-order valence-electron chi connectivity index (χ1n) is 7.88. The first-order chi connectivity index (χ1) is 10.1. The first-order valence-corrected chi connectivity index (χ1v) is 7.88. The smallest absolute Gasteiger partial charge is 0.244 e. The molecule has 0 saturated heterocycles. The predicted molar refractivity (Wildman–Crippen MR) is 85.2 cm³/mol. The van der Waals surface area contributed by atoms with Gasteiger partial charge in [0, 0.05) is 30.1 Å². The number of aryl methyl sites for hydroxylation is 1. The molecule has 1 amide bonds. The fourth-order valence-corrected chi connectivity index (χ4v) is 3.28. The van der Waals surface area contributed by atoms with Gasteiger partial charge in [0.15, 0.2) is 0 Å². The molecule has 21 heavy (non-hydrogen) atoms. The topological polar surface area (TPSA) is 54.3 Å². The van der Waals surface area contributed by atoms with Crippen LogP contribution in [0.2, 0.25) is 0 Å². The van der Waals surface area contributed by atoms with Gasteiger partial charge in [0.1, 0.15) is 0 Å². The number of nitrogens with zero attached hydrogens (tertiary/aromatic N) is 1. The fourth-order valence-electron chi connectivity index (χ4n) is 3.28. The Kier molecular flexibility index (Phi) is 5.62. The molecule has 1 aliphatic rings. The third-order valence-corrected chi connectivity index (χ3v) is 4.29. The zero-order chi connectivity index (χ0) is 15.2. The second-order valence-electron chi connectivity index (χ2n) is 5.84. The highest BCUT2D eigenvalue weighted by Gasteiger charge is 2.19.